The molecule has 3 rings (SSSR count). The number of nitrogens with zero attached hydrogens (tertiary/aromatic N) is 3. The molecule has 4 nitrogen and oxygen atoms in total. The zero-order chi connectivity index (χ0) is 18.0. The average Bonchev–Trinajstić information content (AvgIpc) is 2.90. The summed E-state index contributed by atoms with van der Waals surface area (Å²) in [6.45, 7) is 6.78. The fourth-order valence-corrected chi connectivity index (χ4v) is 3.75. The number of carbonyl (C=O) groups is 1. The summed E-state index contributed by atoms with van der Waals surface area (Å²) in [6, 6.07) is 10.5. The summed E-state index contributed by atoms with van der Waals surface area (Å²) in [5, 5.41) is 0. The molecular formula is C21H29N3O. The van der Waals surface area contributed by atoms with Crippen molar-refractivity contribution in [3.63, 3.8) is 0 Å². The maximum Gasteiger partial charge on any atom is 0.178 e. The van der Waals surface area contributed by atoms with E-state index in [9.17, 15) is 4.79 Å². The van der Waals surface area contributed by atoms with Crippen molar-refractivity contribution in [3.8, 4) is 5.69 Å². The number of anilines is 1. The van der Waals surface area contributed by atoms with Gasteiger partial charge < -0.3 is 9.47 Å². The number of hydrogen-bond donors (Lipinski definition) is 0. The number of likely N-dealkylation sites (tertiary alicyclic amines) is 1. The van der Waals surface area contributed by atoms with E-state index in [1.54, 1.807) is 0 Å². The molecule has 1 saturated heterocycles. The van der Waals surface area contributed by atoms with Crippen LogP contribution in [-0.2, 0) is 0 Å². The minimum absolute atomic E-state index is 0.242. The van der Waals surface area contributed by atoms with E-state index in [-0.39, 0.29) is 5.78 Å². The lowest BCUT2D eigenvalue weighted by atomic mass is 10.1. The Labute approximate surface area is 151 Å². The maximum absolute atomic E-state index is 12.8. The van der Waals surface area contributed by atoms with Crippen LogP contribution in [0, 0.1) is 13.8 Å². The summed E-state index contributed by atoms with van der Waals surface area (Å²) in [7, 11) is 4.08. The lowest BCUT2D eigenvalue weighted by Crippen LogP contribution is -2.34. The van der Waals surface area contributed by atoms with Crippen LogP contribution in [0.15, 0.2) is 30.3 Å². The molecule has 0 amide bonds. The highest BCUT2D eigenvalue weighted by molar-refractivity contribution is 5.99. The molecule has 25 heavy (non-hydrogen) atoms. The second-order valence-electron chi connectivity index (χ2n) is 7.29. The number of aryl methyl sites for hydroxylation is 1. The first-order valence-electron chi connectivity index (χ1n) is 9.19. The number of carbonyl (C=O) groups excluding carboxylic acids is 1. The molecule has 0 spiro atoms. The molecule has 2 heterocycles. The van der Waals surface area contributed by atoms with Crippen molar-refractivity contribution in [2.75, 3.05) is 38.6 Å². The van der Waals surface area contributed by atoms with Gasteiger partial charge in [-0.05, 0) is 70.1 Å². The van der Waals surface area contributed by atoms with Crippen LogP contribution < -0.4 is 4.90 Å². The van der Waals surface area contributed by atoms with Crippen LogP contribution in [0.1, 0.15) is 41.0 Å². The van der Waals surface area contributed by atoms with Crippen molar-refractivity contribution < 1.29 is 4.79 Å². The predicted molar refractivity (Wildman–Crippen MR) is 104 cm³/mol. The highest BCUT2D eigenvalue weighted by atomic mass is 16.1. The quantitative estimate of drug-likeness (QED) is 0.775. The van der Waals surface area contributed by atoms with Crippen LogP contribution >= 0.6 is 0 Å². The molecule has 0 bridgehead atoms. The van der Waals surface area contributed by atoms with Gasteiger partial charge >= 0.3 is 0 Å². The number of hydrogen-bond acceptors (Lipinski definition) is 3. The number of Topliss-reactive ketones (excluding diaryl/α,β-unsaturated/α-hetero) is 1. The monoisotopic (exact) mass is 339 g/mol. The molecule has 0 radical (unpaired) electrons. The van der Waals surface area contributed by atoms with E-state index in [1.807, 2.05) is 20.2 Å². The first kappa shape index (κ1) is 17.7. The summed E-state index contributed by atoms with van der Waals surface area (Å²) in [5.41, 5.74) is 5.29. The third-order valence-corrected chi connectivity index (χ3v) is 5.17. The second kappa shape index (κ2) is 7.44. The molecule has 1 aromatic heterocycles. The predicted octanol–water partition coefficient (Wildman–Crippen LogP) is 3.83. The molecule has 1 aliphatic rings. The number of ketones is 1. The van der Waals surface area contributed by atoms with Gasteiger partial charge in [0.2, 0.25) is 0 Å². The SMILES string of the molecule is Cc1cc(C(=O)CN2CCCCC2)c(C)n1-c1ccc(N(C)C)cc1. The van der Waals surface area contributed by atoms with Gasteiger partial charge in [0.1, 0.15) is 0 Å². The number of rotatable bonds is 5. The van der Waals surface area contributed by atoms with E-state index in [0.29, 0.717) is 6.54 Å². The van der Waals surface area contributed by atoms with Crippen LogP contribution in [0.5, 0.6) is 0 Å². The fraction of sp³-hybridized carbons (Fsp3) is 0.476. The van der Waals surface area contributed by atoms with Gasteiger partial charge in [-0.1, -0.05) is 6.42 Å². The van der Waals surface area contributed by atoms with Crippen LogP contribution in [0.3, 0.4) is 0 Å². The van der Waals surface area contributed by atoms with E-state index in [2.05, 4.69) is 52.5 Å². The minimum Gasteiger partial charge on any atom is -0.378 e. The number of piperidine rings is 1. The van der Waals surface area contributed by atoms with E-state index in [0.717, 1.165) is 35.7 Å². The van der Waals surface area contributed by atoms with Gasteiger partial charge in [0.15, 0.2) is 5.78 Å². The molecule has 2 aromatic rings. The van der Waals surface area contributed by atoms with E-state index in [1.165, 1.54) is 24.9 Å². The Morgan fingerprint density at radius 1 is 1.04 bits per heavy atom. The van der Waals surface area contributed by atoms with Gasteiger partial charge in [-0.2, -0.15) is 0 Å². The van der Waals surface area contributed by atoms with Crippen LogP contribution in [-0.4, -0.2) is 49.0 Å². The highest BCUT2D eigenvalue weighted by Crippen LogP contribution is 2.23. The highest BCUT2D eigenvalue weighted by Gasteiger charge is 2.20. The smallest absolute Gasteiger partial charge is 0.178 e. The topological polar surface area (TPSA) is 28.5 Å². The van der Waals surface area contributed by atoms with E-state index in [4.69, 9.17) is 0 Å². The van der Waals surface area contributed by atoms with Gasteiger partial charge in [-0.25, -0.2) is 0 Å². The van der Waals surface area contributed by atoms with E-state index >= 15 is 0 Å². The Kier molecular flexibility index (Phi) is 5.28. The van der Waals surface area contributed by atoms with Gasteiger partial charge in [0, 0.05) is 42.4 Å². The molecule has 1 aliphatic heterocycles. The Morgan fingerprint density at radius 3 is 2.28 bits per heavy atom. The van der Waals surface area contributed by atoms with Crippen LogP contribution in [0.25, 0.3) is 5.69 Å². The zero-order valence-electron chi connectivity index (χ0n) is 15.9. The third kappa shape index (κ3) is 3.79. The second-order valence-corrected chi connectivity index (χ2v) is 7.29. The fourth-order valence-electron chi connectivity index (χ4n) is 3.75. The van der Waals surface area contributed by atoms with Crippen molar-refractivity contribution >= 4 is 11.5 Å². The van der Waals surface area contributed by atoms with Gasteiger partial charge in [-0.15, -0.1) is 0 Å². The molecule has 0 aliphatic carbocycles. The molecule has 4 heteroatoms. The van der Waals surface area contributed by atoms with Crippen LogP contribution in [0.2, 0.25) is 0 Å². The van der Waals surface area contributed by atoms with Crippen molar-refractivity contribution in [3.05, 3.63) is 47.3 Å². The summed E-state index contributed by atoms with van der Waals surface area (Å²) in [4.78, 5) is 17.2. The van der Waals surface area contributed by atoms with E-state index < -0.39 is 0 Å². The Morgan fingerprint density at radius 2 is 1.68 bits per heavy atom. The summed E-state index contributed by atoms with van der Waals surface area (Å²) in [5.74, 6) is 0.242. The molecule has 134 valence electrons. The lowest BCUT2D eigenvalue weighted by molar-refractivity contribution is 0.0915. The first-order chi connectivity index (χ1) is 12.0. The van der Waals surface area contributed by atoms with Gasteiger partial charge in [-0.3, -0.25) is 9.69 Å². The minimum atomic E-state index is 0.242. The Balaban J connectivity index is 1.83. The molecule has 0 atom stereocenters. The third-order valence-electron chi connectivity index (χ3n) is 5.17. The van der Waals surface area contributed by atoms with Crippen molar-refractivity contribution in [1.82, 2.24) is 9.47 Å². The molecular weight excluding hydrogens is 310 g/mol. The summed E-state index contributed by atoms with van der Waals surface area (Å²) in [6.07, 6.45) is 3.72. The normalized spacial score (nSPS) is 15.4. The lowest BCUT2D eigenvalue weighted by Gasteiger charge is -2.25. The van der Waals surface area contributed by atoms with Gasteiger partial charge in [0.05, 0.1) is 6.54 Å². The Bertz CT molecular complexity index is 737. The molecule has 0 unspecified atom stereocenters. The van der Waals surface area contributed by atoms with Crippen LogP contribution in [0.4, 0.5) is 5.69 Å². The maximum atomic E-state index is 12.8. The largest absolute Gasteiger partial charge is 0.378 e. The molecule has 1 fully saturated rings. The van der Waals surface area contributed by atoms with Gasteiger partial charge in [0.25, 0.3) is 0 Å². The summed E-state index contributed by atoms with van der Waals surface area (Å²) >= 11 is 0. The van der Waals surface area contributed by atoms with Crippen molar-refractivity contribution in [2.24, 2.45) is 0 Å². The molecule has 0 N–H and O–H groups in total. The number of benzene rings is 1. The number of aromatic nitrogens is 1. The van der Waals surface area contributed by atoms with Crippen molar-refractivity contribution in [2.45, 2.75) is 33.1 Å². The standard InChI is InChI=1S/C21H29N3O/c1-16-14-20(21(25)15-23-12-6-5-7-13-23)17(2)24(16)19-10-8-18(9-11-19)22(3)4/h8-11,14H,5-7,12-13,15H2,1-4H3. The van der Waals surface area contributed by atoms with Crippen molar-refractivity contribution in [1.29, 1.82) is 0 Å². The average molecular weight is 339 g/mol. The summed E-state index contributed by atoms with van der Waals surface area (Å²) < 4.78 is 2.18. The molecule has 0 saturated carbocycles. The first-order valence-corrected chi connectivity index (χ1v) is 9.19. The molecule has 1 aromatic carbocycles. The Hall–Kier alpha value is -2.07. The zero-order valence-corrected chi connectivity index (χ0v) is 15.9.